The molecule has 6 aromatic rings. The van der Waals surface area contributed by atoms with E-state index in [1.807, 2.05) is 0 Å². The van der Waals surface area contributed by atoms with Gasteiger partial charge in [0.1, 0.15) is 0 Å². The molecule has 6 aromatic carbocycles. The molecule has 0 amide bonds. The van der Waals surface area contributed by atoms with Gasteiger partial charge in [-0.25, -0.2) is 0 Å². The third-order valence-electron chi connectivity index (χ3n) is 10.2. The Hall–Kier alpha value is -2.22. The van der Waals surface area contributed by atoms with Gasteiger partial charge in [-0.1, -0.05) is 160 Å². The summed E-state index contributed by atoms with van der Waals surface area (Å²) in [7, 11) is 11.0. The predicted octanol–water partition coefficient (Wildman–Crippen LogP) is 15.9. The first-order chi connectivity index (χ1) is 24.7. The second-order valence-corrected chi connectivity index (χ2v) is 21.2. The Morgan fingerprint density at radius 3 is 1.63 bits per heavy atom. The van der Waals surface area contributed by atoms with Gasteiger partial charge in [0.2, 0.25) is 0 Å². The molecule has 0 nitrogen and oxygen atoms in total. The molecule has 1 fully saturated rings. The molecule has 52 heavy (non-hydrogen) atoms. The van der Waals surface area contributed by atoms with Crippen LogP contribution in [0.5, 0.6) is 0 Å². The van der Waals surface area contributed by atoms with Crippen molar-refractivity contribution in [3.05, 3.63) is 131 Å². The monoisotopic (exact) mass is 822 g/mol. The molecule has 0 unspecified atom stereocenters. The molecule has 0 heterocycles. The van der Waals surface area contributed by atoms with Gasteiger partial charge in [0.25, 0.3) is 0 Å². The van der Waals surface area contributed by atoms with E-state index in [0.29, 0.717) is 0 Å². The SMILES string of the molecule is CC(C)(C)c1ccc(-c2cccc3[cH-]c(C4CCCCC4)cc23)cc1.C[Si]C.Cc1cc2c(-c3ccc(C(C)(C)C)cc3)ccc(C)c2[cH-]1.[Cl][Zr+2][Cl]. The number of rotatable bonds is 3. The second-order valence-electron chi connectivity index (χ2n) is 16.4. The van der Waals surface area contributed by atoms with Crippen molar-refractivity contribution in [2.24, 2.45) is 0 Å². The Balaban J connectivity index is 0.000000205. The van der Waals surface area contributed by atoms with Crippen LogP contribution in [0.15, 0.2) is 103 Å². The van der Waals surface area contributed by atoms with E-state index >= 15 is 0 Å². The Morgan fingerprint density at radius 1 is 0.635 bits per heavy atom. The van der Waals surface area contributed by atoms with Crippen molar-refractivity contribution in [1.82, 2.24) is 0 Å². The number of aryl methyl sites for hydroxylation is 2. The standard InChI is InChI=1S/C25H29.C21H23.C2H6Si.2ClH.Zr/c1-25(2,3)22-14-12-19(13-15-22)23-11-7-10-20-16-21(17-24(20)23)18-8-5-4-6-9-18;1-14-12-19-15(2)6-11-18(20(19)13-14)16-7-9-17(10-8-16)21(3,4)5;1-3-2;;;/h7,10-18H,4-6,8-9H2,1-3H3;6-13H,1-5H3;1-2H3;2*1H;/q2*-1;;;;+4/p-2. The molecule has 0 N–H and O–H groups in total. The van der Waals surface area contributed by atoms with Crippen molar-refractivity contribution in [1.29, 1.82) is 0 Å². The molecular formula is C48H58Cl2SiZr. The third kappa shape index (κ3) is 11.2. The molecule has 2 radical (unpaired) electrons. The number of hydrogen-bond acceptors (Lipinski definition) is 0. The van der Waals surface area contributed by atoms with Gasteiger partial charge in [-0.3, -0.25) is 0 Å². The molecule has 0 aromatic heterocycles. The molecule has 1 aliphatic carbocycles. The molecule has 272 valence electrons. The summed E-state index contributed by atoms with van der Waals surface area (Å²) in [5.41, 5.74) is 12.8. The summed E-state index contributed by atoms with van der Waals surface area (Å²) in [6, 6.07) is 39.0. The van der Waals surface area contributed by atoms with Crippen LogP contribution in [-0.2, 0) is 31.7 Å². The zero-order valence-electron chi connectivity index (χ0n) is 33.2. The number of benzene rings is 4. The van der Waals surface area contributed by atoms with Gasteiger partial charge in [0.15, 0.2) is 0 Å². The van der Waals surface area contributed by atoms with Gasteiger partial charge >= 0.3 is 37.9 Å². The van der Waals surface area contributed by atoms with Crippen molar-refractivity contribution >= 4 is 48.1 Å². The summed E-state index contributed by atoms with van der Waals surface area (Å²) in [5, 5.41) is 5.57. The molecule has 0 bridgehead atoms. The topological polar surface area (TPSA) is 0 Å². The van der Waals surface area contributed by atoms with Crippen LogP contribution in [0.3, 0.4) is 0 Å². The Labute approximate surface area is 337 Å². The van der Waals surface area contributed by atoms with Crippen molar-refractivity contribution in [2.75, 3.05) is 0 Å². The van der Waals surface area contributed by atoms with Gasteiger partial charge in [0, 0.05) is 9.52 Å². The molecule has 1 aliphatic rings. The van der Waals surface area contributed by atoms with Gasteiger partial charge in [0.05, 0.1) is 0 Å². The number of halogens is 2. The molecule has 0 aliphatic heterocycles. The van der Waals surface area contributed by atoms with Crippen molar-refractivity contribution in [2.45, 2.75) is 117 Å². The van der Waals surface area contributed by atoms with E-state index in [1.54, 1.807) is 5.56 Å². The maximum absolute atomic E-state index is 4.93. The first kappa shape index (κ1) is 42.5. The quantitative estimate of drug-likeness (QED) is 0.123. The van der Waals surface area contributed by atoms with Crippen LogP contribution in [0.25, 0.3) is 43.8 Å². The normalized spacial score (nSPS) is 13.3. The summed E-state index contributed by atoms with van der Waals surface area (Å²) in [6.45, 7) is 22.3. The summed E-state index contributed by atoms with van der Waals surface area (Å²) in [6.07, 6.45) is 6.95. The van der Waals surface area contributed by atoms with Gasteiger partial charge < -0.3 is 0 Å². The molecule has 0 atom stereocenters. The average molecular weight is 825 g/mol. The zero-order chi connectivity index (χ0) is 38.1. The van der Waals surface area contributed by atoms with Gasteiger partial charge in [-0.05, 0) is 51.8 Å². The summed E-state index contributed by atoms with van der Waals surface area (Å²) in [5.74, 6) is 0.775. The van der Waals surface area contributed by atoms with E-state index in [4.69, 9.17) is 17.0 Å². The third-order valence-corrected chi connectivity index (χ3v) is 10.2. The van der Waals surface area contributed by atoms with Gasteiger partial charge in [-0.15, -0.1) is 68.6 Å². The van der Waals surface area contributed by atoms with Crippen LogP contribution >= 0.6 is 17.0 Å². The van der Waals surface area contributed by atoms with E-state index in [9.17, 15) is 0 Å². The van der Waals surface area contributed by atoms with E-state index in [1.165, 1.54) is 98.2 Å². The second kappa shape index (κ2) is 19.4. The van der Waals surface area contributed by atoms with Crippen molar-refractivity contribution in [3.63, 3.8) is 0 Å². The summed E-state index contributed by atoms with van der Waals surface area (Å²) < 4.78 is 0. The van der Waals surface area contributed by atoms with E-state index in [2.05, 4.69) is 172 Å². The van der Waals surface area contributed by atoms with Crippen LogP contribution in [0, 0.1) is 13.8 Å². The minimum absolute atomic E-state index is 0.206. The van der Waals surface area contributed by atoms with Crippen LogP contribution in [-0.4, -0.2) is 9.52 Å². The Kier molecular flexibility index (Phi) is 15.9. The molecule has 0 spiro atoms. The van der Waals surface area contributed by atoms with Crippen LogP contribution in [0.1, 0.15) is 107 Å². The Morgan fingerprint density at radius 2 is 1.13 bits per heavy atom. The summed E-state index contributed by atoms with van der Waals surface area (Å²) >= 11 is -0.826. The molecule has 7 rings (SSSR count). The minimum atomic E-state index is -0.826. The van der Waals surface area contributed by atoms with Crippen molar-refractivity contribution < 1.29 is 20.8 Å². The number of fused-ring (bicyclic) bond motifs is 2. The Bertz CT molecular complexity index is 1970. The molecule has 1 saturated carbocycles. The van der Waals surface area contributed by atoms with Crippen LogP contribution < -0.4 is 0 Å². The van der Waals surface area contributed by atoms with E-state index < -0.39 is 20.8 Å². The summed E-state index contributed by atoms with van der Waals surface area (Å²) in [4.78, 5) is 0. The van der Waals surface area contributed by atoms with E-state index in [-0.39, 0.29) is 10.8 Å². The van der Waals surface area contributed by atoms with E-state index in [0.717, 1.165) is 15.4 Å². The molecule has 4 heteroatoms. The fourth-order valence-electron chi connectivity index (χ4n) is 7.32. The fourth-order valence-corrected chi connectivity index (χ4v) is 7.32. The molecular weight excluding hydrogens is 767 g/mol. The van der Waals surface area contributed by atoms with Gasteiger partial charge in [-0.2, -0.15) is 12.1 Å². The number of hydrogen-bond donors (Lipinski definition) is 0. The van der Waals surface area contributed by atoms with Crippen LogP contribution in [0.4, 0.5) is 0 Å². The fraction of sp³-hybridized carbons (Fsp3) is 0.375. The first-order valence-corrected chi connectivity index (χ1v) is 27.2. The first-order valence-electron chi connectivity index (χ1n) is 18.8. The van der Waals surface area contributed by atoms with Crippen molar-refractivity contribution in [3.8, 4) is 22.3 Å². The maximum atomic E-state index is 4.93. The zero-order valence-corrected chi connectivity index (χ0v) is 38.2. The van der Waals surface area contributed by atoms with Crippen LogP contribution in [0.2, 0.25) is 13.1 Å². The average Bonchev–Trinajstić information content (AvgIpc) is 3.74. The predicted molar refractivity (Wildman–Crippen MR) is 232 cm³/mol. The molecule has 0 saturated heterocycles.